The molecule has 0 radical (unpaired) electrons. The summed E-state index contributed by atoms with van der Waals surface area (Å²) in [5.74, 6) is 2.56. The molecule has 7 aromatic carbocycles. The molecule has 5 heteroatoms. The van der Waals surface area contributed by atoms with Crippen LogP contribution in [-0.4, -0.2) is 24.9 Å². The number of nitrogens with zero attached hydrogens (tertiary/aromatic N) is 5. The van der Waals surface area contributed by atoms with E-state index in [4.69, 9.17) is 24.9 Å². The van der Waals surface area contributed by atoms with Crippen LogP contribution < -0.4 is 0 Å². The van der Waals surface area contributed by atoms with Crippen molar-refractivity contribution in [3.8, 4) is 79.1 Å². The number of hydrogen-bond acceptors (Lipinski definition) is 5. The van der Waals surface area contributed by atoms with Crippen LogP contribution in [0.5, 0.6) is 0 Å². The van der Waals surface area contributed by atoms with E-state index in [1.54, 1.807) is 12.2 Å². The van der Waals surface area contributed by atoms with Gasteiger partial charge in [0.15, 0.2) is 23.3 Å². The molecule has 0 spiro atoms. The van der Waals surface area contributed by atoms with Gasteiger partial charge in [-0.2, -0.15) is 0 Å². The van der Waals surface area contributed by atoms with E-state index in [-0.39, 0.29) is 0 Å². The number of hydrogen-bond donors (Lipinski definition) is 0. The molecule has 2 heterocycles. The van der Waals surface area contributed by atoms with Crippen LogP contribution in [0.2, 0.25) is 0 Å². The highest BCUT2D eigenvalue weighted by Gasteiger charge is 2.15. The highest BCUT2D eigenvalue weighted by Crippen LogP contribution is 2.37. The maximum atomic E-state index is 5.00. The van der Waals surface area contributed by atoms with Crippen LogP contribution >= 0.6 is 0 Å². The summed E-state index contributed by atoms with van der Waals surface area (Å²) in [6.07, 6.45) is 5.47. The molecule has 58 heavy (non-hydrogen) atoms. The third-order valence-corrected chi connectivity index (χ3v) is 10.1. The van der Waals surface area contributed by atoms with Crippen LogP contribution in [0.4, 0.5) is 0 Å². The summed E-state index contributed by atoms with van der Waals surface area (Å²) in [7, 11) is 0. The monoisotopic (exact) mass is 743 g/mol. The summed E-state index contributed by atoms with van der Waals surface area (Å²) in [6, 6.07) is 62.3. The lowest BCUT2D eigenvalue weighted by atomic mass is 9.92. The highest BCUT2D eigenvalue weighted by atomic mass is 15.0. The third-order valence-electron chi connectivity index (χ3n) is 10.1. The molecule has 0 saturated heterocycles. The van der Waals surface area contributed by atoms with Gasteiger partial charge in [0.1, 0.15) is 0 Å². The number of fused-ring (bicyclic) bond motifs is 1. The van der Waals surface area contributed by atoms with E-state index in [1.165, 1.54) is 10.8 Å². The van der Waals surface area contributed by atoms with Crippen LogP contribution in [0.3, 0.4) is 0 Å². The zero-order chi connectivity index (χ0) is 39.3. The zero-order valence-corrected chi connectivity index (χ0v) is 31.7. The lowest BCUT2D eigenvalue weighted by Crippen LogP contribution is -2.00. The van der Waals surface area contributed by atoms with Gasteiger partial charge in [-0.1, -0.05) is 207 Å². The molecule has 274 valence electrons. The predicted octanol–water partition coefficient (Wildman–Crippen LogP) is 13.2. The third kappa shape index (κ3) is 7.28. The first-order valence-electron chi connectivity index (χ1n) is 19.2. The first-order chi connectivity index (χ1) is 28.6. The molecule has 0 unspecified atom stereocenters. The summed E-state index contributed by atoms with van der Waals surface area (Å²) in [5, 5.41) is 2.34. The lowest BCUT2D eigenvalue weighted by molar-refractivity contribution is 1.07. The van der Waals surface area contributed by atoms with E-state index >= 15 is 0 Å². The van der Waals surface area contributed by atoms with E-state index in [1.807, 2.05) is 91.0 Å². The number of aromatic nitrogens is 5. The van der Waals surface area contributed by atoms with Crippen molar-refractivity contribution in [2.75, 3.05) is 0 Å². The maximum Gasteiger partial charge on any atom is 0.164 e. The lowest BCUT2D eigenvalue weighted by Gasteiger charge is -2.13. The fraction of sp³-hybridized carbons (Fsp3) is 0. The average molecular weight is 744 g/mol. The van der Waals surface area contributed by atoms with E-state index < -0.39 is 0 Å². The SMILES string of the molecule is C=C/C=C(\C=C)c1cc(-c2ccccc2)nc(-c2ccc(-c3cccc4c(-c5ccc(-c6nc(-c7ccccc7)nc(-c7ccccc7)n6)cc5)cccc34)cc2)n1. The predicted molar refractivity (Wildman–Crippen MR) is 239 cm³/mol. The van der Waals surface area contributed by atoms with Crippen molar-refractivity contribution in [3.05, 3.63) is 219 Å². The average Bonchev–Trinajstić information content (AvgIpc) is 3.31. The first kappa shape index (κ1) is 35.8. The fourth-order valence-electron chi connectivity index (χ4n) is 7.21. The van der Waals surface area contributed by atoms with Crippen molar-refractivity contribution in [2.24, 2.45) is 0 Å². The summed E-state index contributed by atoms with van der Waals surface area (Å²) in [6.45, 7) is 7.90. The Kier molecular flexibility index (Phi) is 9.91. The Labute approximate surface area is 338 Å². The molecule has 0 fully saturated rings. The Balaban J connectivity index is 1.05. The van der Waals surface area contributed by atoms with Gasteiger partial charge < -0.3 is 0 Å². The Morgan fingerprint density at radius 1 is 0.362 bits per heavy atom. The smallest absolute Gasteiger partial charge is 0.164 e. The summed E-state index contributed by atoms with van der Waals surface area (Å²) in [4.78, 5) is 24.7. The minimum Gasteiger partial charge on any atom is -0.228 e. The normalized spacial score (nSPS) is 11.3. The first-order valence-corrected chi connectivity index (χ1v) is 19.2. The second-order valence-corrected chi connectivity index (χ2v) is 13.8. The van der Waals surface area contributed by atoms with Gasteiger partial charge in [0.2, 0.25) is 0 Å². The number of allylic oxidation sites excluding steroid dienone is 4. The van der Waals surface area contributed by atoms with Crippen molar-refractivity contribution >= 4 is 16.3 Å². The van der Waals surface area contributed by atoms with Gasteiger partial charge in [0.25, 0.3) is 0 Å². The molecule has 0 N–H and O–H groups in total. The van der Waals surface area contributed by atoms with Crippen molar-refractivity contribution in [1.82, 2.24) is 24.9 Å². The van der Waals surface area contributed by atoms with Crippen LogP contribution in [0.15, 0.2) is 213 Å². The second kappa shape index (κ2) is 16.1. The molecule has 0 aliphatic heterocycles. The summed E-state index contributed by atoms with van der Waals surface area (Å²) in [5.41, 5.74) is 11.8. The quantitative estimate of drug-likeness (QED) is 0.131. The number of benzene rings is 7. The van der Waals surface area contributed by atoms with Gasteiger partial charge in [0.05, 0.1) is 11.4 Å². The molecule has 2 aromatic heterocycles. The number of rotatable bonds is 10. The van der Waals surface area contributed by atoms with E-state index in [0.717, 1.165) is 67.0 Å². The molecule has 0 amide bonds. The van der Waals surface area contributed by atoms with Gasteiger partial charge in [0, 0.05) is 27.8 Å². The zero-order valence-electron chi connectivity index (χ0n) is 31.7. The Morgan fingerprint density at radius 3 is 1.19 bits per heavy atom. The van der Waals surface area contributed by atoms with Crippen LogP contribution in [-0.2, 0) is 0 Å². The second-order valence-electron chi connectivity index (χ2n) is 13.8. The van der Waals surface area contributed by atoms with Crippen LogP contribution in [0.1, 0.15) is 5.69 Å². The van der Waals surface area contributed by atoms with Gasteiger partial charge in [-0.25, -0.2) is 24.9 Å². The van der Waals surface area contributed by atoms with Crippen molar-refractivity contribution in [2.45, 2.75) is 0 Å². The van der Waals surface area contributed by atoms with E-state index in [9.17, 15) is 0 Å². The minimum atomic E-state index is 0.630. The molecule has 0 atom stereocenters. The van der Waals surface area contributed by atoms with Gasteiger partial charge in [-0.3, -0.25) is 0 Å². The van der Waals surface area contributed by atoms with Gasteiger partial charge in [-0.15, -0.1) is 0 Å². The Bertz CT molecular complexity index is 2880. The van der Waals surface area contributed by atoms with Gasteiger partial charge >= 0.3 is 0 Å². The van der Waals surface area contributed by atoms with Crippen molar-refractivity contribution in [1.29, 1.82) is 0 Å². The molecular formula is C53H37N5. The molecular weight excluding hydrogens is 707 g/mol. The van der Waals surface area contributed by atoms with Crippen molar-refractivity contribution < 1.29 is 0 Å². The van der Waals surface area contributed by atoms with E-state index in [2.05, 4.69) is 110 Å². The van der Waals surface area contributed by atoms with Crippen LogP contribution in [0.25, 0.3) is 95.4 Å². The molecule has 0 saturated carbocycles. The summed E-state index contributed by atoms with van der Waals surface area (Å²) < 4.78 is 0. The molecule has 9 rings (SSSR count). The maximum absolute atomic E-state index is 5.00. The minimum absolute atomic E-state index is 0.630. The molecule has 9 aromatic rings. The van der Waals surface area contributed by atoms with E-state index in [0.29, 0.717) is 23.3 Å². The molecule has 5 nitrogen and oxygen atoms in total. The standard InChI is InChI=1S/C53H37N5/c1-3-16-36(4-2)48-35-49(39-17-8-5-9-18-39)55-50(54-48)42-31-27-37(28-32-42)44-23-14-26-47-45(24-15-25-46(44)47)38-29-33-43(34-30-38)53-57-51(40-19-10-6-11-20-40)56-52(58-53)41-21-12-7-13-22-41/h3-35H,1-2H2/b36-16+. The molecule has 0 bridgehead atoms. The van der Waals surface area contributed by atoms with Crippen LogP contribution in [0, 0.1) is 0 Å². The largest absolute Gasteiger partial charge is 0.228 e. The fourth-order valence-corrected chi connectivity index (χ4v) is 7.21. The van der Waals surface area contributed by atoms with Gasteiger partial charge in [-0.05, 0) is 44.7 Å². The topological polar surface area (TPSA) is 64.5 Å². The van der Waals surface area contributed by atoms with Crippen molar-refractivity contribution in [3.63, 3.8) is 0 Å². The highest BCUT2D eigenvalue weighted by molar-refractivity contribution is 6.04. The Morgan fingerprint density at radius 2 is 0.759 bits per heavy atom. The molecule has 0 aliphatic rings. The summed E-state index contributed by atoms with van der Waals surface area (Å²) >= 11 is 0. The molecule has 0 aliphatic carbocycles. The Hall–Kier alpha value is -7.89.